The van der Waals surface area contributed by atoms with Crippen molar-refractivity contribution in [2.75, 3.05) is 14.1 Å². The minimum Gasteiger partial charge on any atom is -0.465 e. The Morgan fingerprint density at radius 1 is 0.839 bits per heavy atom. The summed E-state index contributed by atoms with van der Waals surface area (Å²) >= 11 is 0. The summed E-state index contributed by atoms with van der Waals surface area (Å²) in [5.41, 5.74) is 3.29. The molecule has 0 bridgehead atoms. The third-order valence-corrected chi connectivity index (χ3v) is 5.61. The smallest absolute Gasteiger partial charge is 0.347 e. The molecular weight excluding hydrogens is 386 g/mol. The van der Waals surface area contributed by atoms with Gasteiger partial charge in [0.25, 0.3) is 0 Å². The summed E-state index contributed by atoms with van der Waals surface area (Å²) < 4.78 is 12.5. The quantitative estimate of drug-likeness (QED) is 0.341. The average Bonchev–Trinajstić information content (AvgIpc) is 2.69. The van der Waals surface area contributed by atoms with E-state index in [4.69, 9.17) is 9.47 Å². The molecule has 0 radical (unpaired) electrons. The van der Waals surface area contributed by atoms with Crippen LogP contribution in [0.15, 0.2) is 48.5 Å². The first-order valence-corrected chi connectivity index (χ1v) is 11.4. The molecule has 170 valence electrons. The second-order valence-corrected chi connectivity index (χ2v) is 9.72. The van der Waals surface area contributed by atoms with Gasteiger partial charge in [0.2, 0.25) is 12.5 Å². The second kappa shape index (κ2) is 10.9. The molecule has 0 aliphatic carbocycles. The van der Waals surface area contributed by atoms with Crippen molar-refractivity contribution in [1.29, 1.82) is 0 Å². The van der Waals surface area contributed by atoms with E-state index in [2.05, 4.69) is 39.8 Å². The number of quaternary nitrogens is 1. The fourth-order valence-corrected chi connectivity index (χ4v) is 3.71. The Morgan fingerprint density at radius 2 is 1.45 bits per heavy atom. The van der Waals surface area contributed by atoms with Gasteiger partial charge in [-0.3, -0.25) is 4.74 Å². The van der Waals surface area contributed by atoms with E-state index in [-0.39, 0.29) is 16.6 Å². The van der Waals surface area contributed by atoms with Gasteiger partial charge in [-0.25, -0.2) is 9.28 Å². The van der Waals surface area contributed by atoms with Gasteiger partial charge in [0, 0.05) is 6.92 Å². The molecule has 0 N–H and O–H groups in total. The maximum atomic E-state index is 13.0. The number of rotatable bonds is 10. The van der Waals surface area contributed by atoms with Crippen LogP contribution in [0.4, 0.5) is 0 Å². The van der Waals surface area contributed by atoms with Crippen LogP contribution in [0.2, 0.25) is 0 Å². The molecule has 0 saturated carbocycles. The van der Waals surface area contributed by atoms with Crippen molar-refractivity contribution in [2.24, 2.45) is 11.8 Å². The van der Waals surface area contributed by atoms with Crippen LogP contribution in [0.3, 0.4) is 0 Å². The molecule has 0 aromatic heterocycles. The maximum Gasteiger partial charge on any atom is 0.347 e. The van der Waals surface area contributed by atoms with Crippen LogP contribution in [0, 0.1) is 11.8 Å². The van der Waals surface area contributed by atoms with E-state index in [1.807, 2.05) is 64.3 Å². The number of hydrogen-bond acceptors (Lipinski definition) is 3. The Labute approximate surface area is 188 Å². The zero-order valence-corrected chi connectivity index (χ0v) is 20.5. The highest BCUT2D eigenvalue weighted by Crippen LogP contribution is 2.29. The molecule has 0 saturated heterocycles. The van der Waals surface area contributed by atoms with Crippen molar-refractivity contribution in [3.8, 4) is 5.75 Å². The lowest BCUT2D eigenvalue weighted by molar-refractivity contribution is -0.861. The molecule has 2 unspecified atom stereocenters. The van der Waals surface area contributed by atoms with E-state index in [0.717, 1.165) is 18.6 Å². The molecule has 2 rings (SSSR count). The summed E-state index contributed by atoms with van der Waals surface area (Å²) in [6.07, 6.45) is 1.15. The predicted molar refractivity (Wildman–Crippen MR) is 127 cm³/mol. The van der Waals surface area contributed by atoms with Crippen molar-refractivity contribution in [1.82, 2.24) is 0 Å². The first-order valence-electron chi connectivity index (χ1n) is 11.4. The predicted octanol–water partition coefficient (Wildman–Crippen LogP) is 6.09. The first-order chi connectivity index (χ1) is 14.5. The number of ether oxygens (including phenoxy) is 2. The molecule has 0 heterocycles. The van der Waals surface area contributed by atoms with E-state index in [9.17, 15) is 4.79 Å². The molecule has 2 aromatic rings. The van der Waals surface area contributed by atoms with Gasteiger partial charge in [-0.05, 0) is 60.9 Å². The van der Waals surface area contributed by atoms with Gasteiger partial charge < -0.3 is 4.74 Å². The van der Waals surface area contributed by atoms with Gasteiger partial charge in [-0.2, -0.15) is 0 Å². The van der Waals surface area contributed by atoms with Crippen LogP contribution in [-0.2, 0) is 17.6 Å². The maximum absolute atomic E-state index is 13.0. The minimum atomic E-state index is -0.476. The van der Waals surface area contributed by atoms with Gasteiger partial charge in [-0.1, -0.05) is 58.0 Å². The van der Waals surface area contributed by atoms with Gasteiger partial charge in [0.15, 0.2) is 0 Å². The van der Waals surface area contributed by atoms with E-state index < -0.39 is 6.29 Å². The molecule has 0 spiro atoms. The molecule has 4 heteroatoms. The summed E-state index contributed by atoms with van der Waals surface area (Å²) in [6, 6.07) is 15.6. The summed E-state index contributed by atoms with van der Waals surface area (Å²) in [5.74, 6) is 2.01. The third kappa shape index (κ3) is 6.91. The molecule has 2 aromatic carbocycles. The molecule has 31 heavy (non-hydrogen) atoms. The standard InChI is InChI=1S/C27H40NO3/c1-19(2)17-24-15-12-16-26(25(24)18-20(3)4)31-22(6)30-21(5)28(7,8)27(29)23-13-10-9-11-14-23/h9-16,19-22H,17-18H2,1-8H3/q+1. The van der Waals surface area contributed by atoms with Crippen LogP contribution in [-0.4, -0.2) is 37.0 Å². The summed E-state index contributed by atoms with van der Waals surface area (Å²) in [5, 5.41) is 0. The fourth-order valence-electron chi connectivity index (χ4n) is 3.71. The molecule has 4 nitrogen and oxygen atoms in total. The van der Waals surface area contributed by atoms with E-state index in [0.29, 0.717) is 17.4 Å². The normalized spacial score (nSPS) is 14.0. The molecule has 0 fully saturated rings. The largest absolute Gasteiger partial charge is 0.465 e. The number of benzene rings is 2. The number of carbonyl (C=O) groups excluding carboxylic acids is 1. The van der Waals surface area contributed by atoms with Crippen molar-refractivity contribution in [3.05, 3.63) is 65.2 Å². The highest BCUT2D eigenvalue weighted by Gasteiger charge is 2.36. The highest BCUT2D eigenvalue weighted by atomic mass is 16.7. The van der Waals surface area contributed by atoms with Gasteiger partial charge in [-0.15, -0.1) is 0 Å². The highest BCUT2D eigenvalue weighted by molar-refractivity contribution is 5.88. The fraction of sp³-hybridized carbons (Fsp3) is 0.519. The Kier molecular flexibility index (Phi) is 8.84. The van der Waals surface area contributed by atoms with Crippen LogP contribution in [0.25, 0.3) is 0 Å². The second-order valence-electron chi connectivity index (χ2n) is 9.72. The Hall–Kier alpha value is -2.17. The number of nitrogens with zero attached hydrogens (tertiary/aromatic N) is 1. The monoisotopic (exact) mass is 426 g/mol. The molecule has 2 atom stereocenters. The van der Waals surface area contributed by atoms with Crippen LogP contribution in [0.5, 0.6) is 5.75 Å². The average molecular weight is 427 g/mol. The molecule has 0 aliphatic heterocycles. The zero-order valence-electron chi connectivity index (χ0n) is 20.5. The lowest BCUT2D eigenvalue weighted by Gasteiger charge is -2.34. The van der Waals surface area contributed by atoms with Crippen LogP contribution in [0.1, 0.15) is 63.0 Å². The summed E-state index contributed by atoms with van der Waals surface area (Å²) in [6.45, 7) is 12.8. The minimum absolute atomic E-state index is 0.0136. The van der Waals surface area contributed by atoms with Crippen molar-refractivity contribution >= 4 is 5.91 Å². The summed E-state index contributed by atoms with van der Waals surface area (Å²) in [7, 11) is 3.75. The van der Waals surface area contributed by atoms with E-state index >= 15 is 0 Å². The molecule has 1 amide bonds. The Bertz CT molecular complexity index is 843. The lowest BCUT2D eigenvalue weighted by Crippen LogP contribution is -2.54. The van der Waals surface area contributed by atoms with Crippen LogP contribution >= 0.6 is 0 Å². The van der Waals surface area contributed by atoms with E-state index in [1.54, 1.807) is 0 Å². The molecular formula is C27H40NO3+. The number of hydrogen-bond donors (Lipinski definition) is 0. The van der Waals surface area contributed by atoms with Crippen molar-refractivity contribution in [2.45, 2.75) is 66.9 Å². The van der Waals surface area contributed by atoms with Crippen molar-refractivity contribution < 1.29 is 18.8 Å². The third-order valence-electron chi connectivity index (χ3n) is 5.61. The lowest BCUT2D eigenvalue weighted by atomic mass is 9.92. The number of carbonyl (C=O) groups is 1. The van der Waals surface area contributed by atoms with Gasteiger partial charge >= 0.3 is 5.91 Å². The SMILES string of the molecule is CC(C)Cc1cccc(OC(C)OC(C)[N+](C)(C)C(=O)c2ccccc2)c1CC(C)C. The Balaban J connectivity index is 2.15. The Morgan fingerprint density at radius 3 is 2.03 bits per heavy atom. The van der Waals surface area contributed by atoms with Crippen molar-refractivity contribution in [3.63, 3.8) is 0 Å². The van der Waals surface area contributed by atoms with E-state index in [1.165, 1.54) is 11.1 Å². The van der Waals surface area contributed by atoms with Gasteiger partial charge in [0.05, 0.1) is 19.7 Å². The zero-order chi connectivity index (χ0) is 23.2. The van der Waals surface area contributed by atoms with Crippen LogP contribution < -0.4 is 4.74 Å². The number of amides is 1. The topological polar surface area (TPSA) is 35.5 Å². The molecule has 0 aliphatic rings. The summed E-state index contributed by atoms with van der Waals surface area (Å²) in [4.78, 5) is 13.0. The van der Waals surface area contributed by atoms with Gasteiger partial charge in [0.1, 0.15) is 5.75 Å². The first kappa shape index (κ1) is 25.1.